The second kappa shape index (κ2) is 8.14. The molecular formula is C19H24N4O3. The molecule has 1 aliphatic rings. The first-order chi connectivity index (χ1) is 12.6. The minimum absolute atomic E-state index is 0.0386. The number of aliphatic hydroxyl groups is 1. The number of amides is 2. The van der Waals surface area contributed by atoms with Crippen molar-refractivity contribution in [2.45, 2.75) is 38.3 Å². The van der Waals surface area contributed by atoms with Crippen molar-refractivity contribution in [3.05, 3.63) is 42.2 Å². The van der Waals surface area contributed by atoms with Gasteiger partial charge in [-0.1, -0.05) is 12.1 Å². The molecule has 0 saturated carbocycles. The quantitative estimate of drug-likeness (QED) is 0.817. The fourth-order valence-electron chi connectivity index (χ4n) is 3.42. The molecule has 0 radical (unpaired) electrons. The summed E-state index contributed by atoms with van der Waals surface area (Å²) in [5, 5.41) is 13.2. The van der Waals surface area contributed by atoms with E-state index in [4.69, 9.17) is 10.8 Å². The first-order valence-corrected chi connectivity index (χ1v) is 8.91. The van der Waals surface area contributed by atoms with Gasteiger partial charge in [0.05, 0.1) is 19.3 Å². The lowest BCUT2D eigenvalue weighted by atomic mass is 9.97. The van der Waals surface area contributed by atoms with E-state index >= 15 is 0 Å². The maximum Gasteiger partial charge on any atom is 0.254 e. The monoisotopic (exact) mass is 356 g/mol. The number of carbonyl (C=O) groups excluding carboxylic acids is 2. The average molecular weight is 356 g/mol. The van der Waals surface area contributed by atoms with E-state index in [0.717, 1.165) is 30.4 Å². The van der Waals surface area contributed by atoms with Gasteiger partial charge in [-0.05, 0) is 37.0 Å². The van der Waals surface area contributed by atoms with Gasteiger partial charge in [0.25, 0.3) is 5.91 Å². The van der Waals surface area contributed by atoms with Crippen LogP contribution in [0.3, 0.4) is 0 Å². The topological polar surface area (TPSA) is 101 Å². The Balaban J connectivity index is 1.74. The predicted molar refractivity (Wildman–Crippen MR) is 97.2 cm³/mol. The molecular weight excluding hydrogens is 332 g/mol. The third-order valence-electron chi connectivity index (χ3n) is 4.75. The largest absolute Gasteiger partial charge is 0.394 e. The van der Waals surface area contributed by atoms with Crippen molar-refractivity contribution < 1.29 is 14.7 Å². The zero-order valence-corrected chi connectivity index (χ0v) is 14.7. The number of nitrogens with zero attached hydrogens (tertiary/aromatic N) is 3. The van der Waals surface area contributed by atoms with Crippen molar-refractivity contribution >= 4 is 11.8 Å². The van der Waals surface area contributed by atoms with Crippen molar-refractivity contribution in [2.24, 2.45) is 5.73 Å². The van der Waals surface area contributed by atoms with Gasteiger partial charge in [0, 0.05) is 36.3 Å². The van der Waals surface area contributed by atoms with Crippen molar-refractivity contribution in [2.75, 3.05) is 13.2 Å². The van der Waals surface area contributed by atoms with E-state index in [-0.39, 0.29) is 30.9 Å². The maximum absolute atomic E-state index is 12.9. The second-order valence-corrected chi connectivity index (χ2v) is 6.61. The number of carbonyl (C=O) groups is 2. The van der Waals surface area contributed by atoms with Crippen LogP contribution in [-0.2, 0) is 11.3 Å². The van der Waals surface area contributed by atoms with Crippen molar-refractivity contribution in [1.82, 2.24) is 14.7 Å². The standard InChI is InChI=1S/C19H24N4O3/c20-18(25)11-17-3-1-2-8-23(17)19(26)15-6-4-14(5-7-15)16-12-21-22(13-16)9-10-24/h4-7,12-13,17,24H,1-3,8-11H2,(H2,20,25)/t17-/m0/s1. The van der Waals surface area contributed by atoms with Gasteiger partial charge in [0.1, 0.15) is 0 Å². The number of primary amides is 1. The molecule has 0 aliphatic carbocycles. The molecule has 1 fully saturated rings. The lowest BCUT2D eigenvalue weighted by Crippen LogP contribution is -2.45. The normalized spacial score (nSPS) is 17.3. The Bertz CT molecular complexity index is 769. The molecule has 2 heterocycles. The summed E-state index contributed by atoms with van der Waals surface area (Å²) < 4.78 is 1.68. The fourth-order valence-corrected chi connectivity index (χ4v) is 3.42. The highest BCUT2D eigenvalue weighted by atomic mass is 16.3. The summed E-state index contributed by atoms with van der Waals surface area (Å²) in [6.45, 7) is 1.15. The summed E-state index contributed by atoms with van der Waals surface area (Å²) in [6, 6.07) is 7.28. The van der Waals surface area contributed by atoms with E-state index < -0.39 is 0 Å². The highest BCUT2D eigenvalue weighted by molar-refractivity contribution is 5.95. The minimum Gasteiger partial charge on any atom is -0.394 e. The van der Waals surface area contributed by atoms with Crippen LogP contribution in [0, 0.1) is 0 Å². The number of hydrogen-bond acceptors (Lipinski definition) is 4. The first kappa shape index (κ1) is 18.1. The molecule has 7 heteroatoms. The van der Waals surface area contributed by atoms with Crippen LogP contribution in [0.4, 0.5) is 0 Å². The van der Waals surface area contributed by atoms with E-state index in [1.807, 2.05) is 18.3 Å². The summed E-state index contributed by atoms with van der Waals surface area (Å²) in [6.07, 6.45) is 6.59. The molecule has 3 N–H and O–H groups in total. The van der Waals surface area contributed by atoms with Crippen molar-refractivity contribution in [1.29, 1.82) is 0 Å². The SMILES string of the molecule is NC(=O)C[C@@H]1CCCCN1C(=O)c1ccc(-c2cnn(CCO)c2)cc1. The van der Waals surface area contributed by atoms with Crippen LogP contribution >= 0.6 is 0 Å². The number of aliphatic hydroxyl groups excluding tert-OH is 1. The van der Waals surface area contributed by atoms with E-state index in [1.165, 1.54) is 0 Å². The lowest BCUT2D eigenvalue weighted by Gasteiger charge is -2.35. The summed E-state index contributed by atoms with van der Waals surface area (Å²) in [4.78, 5) is 25.9. The first-order valence-electron chi connectivity index (χ1n) is 8.91. The van der Waals surface area contributed by atoms with E-state index in [0.29, 0.717) is 18.7 Å². The molecule has 3 rings (SSSR count). The highest BCUT2D eigenvalue weighted by Gasteiger charge is 2.28. The highest BCUT2D eigenvalue weighted by Crippen LogP contribution is 2.24. The van der Waals surface area contributed by atoms with Crippen LogP contribution in [0.25, 0.3) is 11.1 Å². The maximum atomic E-state index is 12.9. The Kier molecular flexibility index (Phi) is 5.68. The third-order valence-corrected chi connectivity index (χ3v) is 4.75. The molecule has 1 aliphatic heterocycles. The summed E-state index contributed by atoms with van der Waals surface area (Å²) in [5.74, 6) is -0.427. The molecule has 0 spiro atoms. The van der Waals surface area contributed by atoms with Crippen LogP contribution in [0.5, 0.6) is 0 Å². The summed E-state index contributed by atoms with van der Waals surface area (Å²) in [5.41, 5.74) is 7.83. The van der Waals surface area contributed by atoms with Crippen LogP contribution < -0.4 is 5.73 Å². The molecule has 0 unspecified atom stereocenters. The van der Waals surface area contributed by atoms with Crippen LogP contribution in [0.2, 0.25) is 0 Å². The number of likely N-dealkylation sites (tertiary alicyclic amines) is 1. The lowest BCUT2D eigenvalue weighted by molar-refractivity contribution is -0.119. The van der Waals surface area contributed by atoms with Crippen molar-refractivity contribution in [3.63, 3.8) is 0 Å². The molecule has 26 heavy (non-hydrogen) atoms. The Hall–Kier alpha value is -2.67. The van der Waals surface area contributed by atoms with Crippen LogP contribution in [0.1, 0.15) is 36.0 Å². The Morgan fingerprint density at radius 3 is 2.65 bits per heavy atom. The third kappa shape index (κ3) is 4.11. The van der Waals surface area contributed by atoms with Gasteiger partial charge in [-0.3, -0.25) is 14.3 Å². The zero-order chi connectivity index (χ0) is 18.5. The number of nitrogens with two attached hydrogens (primary N) is 1. The molecule has 1 saturated heterocycles. The van der Waals surface area contributed by atoms with E-state index in [2.05, 4.69) is 5.10 Å². The molecule has 0 bridgehead atoms. The number of rotatable bonds is 6. The number of hydrogen-bond donors (Lipinski definition) is 2. The van der Waals surface area contributed by atoms with E-state index in [1.54, 1.807) is 27.9 Å². The van der Waals surface area contributed by atoms with Crippen molar-refractivity contribution in [3.8, 4) is 11.1 Å². The molecule has 2 amide bonds. The zero-order valence-electron chi connectivity index (χ0n) is 14.7. The average Bonchev–Trinajstić information content (AvgIpc) is 3.10. The molecule has 1 aromatic carbocycles. The van der Waals surface area contributed by atoms with Gasteiger partial charge in [-0.2, -0.15) is 5.10 Å². The molecule has 1 aromatic heterocycles. The van der Waals surface area contributed by atoms with Gasteiger partial charge in [0.15, 0.2) is 0 Å². The Labute approximate surface area is 152 Å². The van der Waals surface area contributed by atoms with Gasteiger partial charge >= 0.3 is 0 Å². The fraction of sp³-hybridized carbons (Fsp3) is 0.421. The van der Waals surface area contributed by atoms with Gasteiger partial charge in [-0.25, -0.2) is 0 Å². The van der Waals surface area contributed by atoms with Gasteiger partial charge in [0.2, 0.25) is 5.91 Å². The second-order valence-electron chi connectivity index (χ2n) is 6.61. The van der Waals surface area contributed by atoms with Crippen LogP contribution in [-0.4, -0.2) is 50.8 Å². The molecule has 138 valence electrons. The van der Waals surface area contributed by atoms with Crippen LogP contribution in [0.15, 0.2) is 36.7 Å². The summed E-state index contributed by atoms with van der Waals surface area (Å²) in [7, 11) is 0. The predicted octanol–water partition coefficient (Wildman–Crippen LogP) is 1.41. The Morgan fingerprint density at radius 2 is 1.96 bits per heavy atom. The Morgan fingerprint density at radius 1 is 1.19 bits per heavy atom. The number of benzene rings is 1. The molecule has 1 atom stereocenters. The molecule has 2 aromatic rings. The number of piperidine rings is 1. The van der Waals surface area contributed by atoms with Gasteiger partial charge in [-0.15, -0.1) is 0 Å². The number of aromatic nitrogens is 2. The minimum atomic E-state index is -0.370. The summed E-state index contributed by atoms with van der Waals surface area (Å²) >= 11 is 0. The van der Waals surface area contributed by atoms with Gasteiger partial charge < -0.3 is 15.7 Å². The molecule has 7 nitrogen and oxygen atoms in total. The van der Waals surface area contributed by atoms with E-state index in [9.17, 15) is 9.59 Å². The smallest absolute Gasteiger partial charge is 0.254 e.